The smallest absolute Gasteiger partial charge is 0.206 e. The van der Waals surface area contributed by atoms with Crippen molar-refractivity contribution < 1.29 is 0 Å². The van der Waals surface area contributed by atoms with Gasteiger partial charge in [-0.05, 0) is 19.1 Å². The van der Waals surface area contributed by atoms with Crippen molar-refractivity contribution in [2.45, 2.75) is 6.92 Å². The SMILES string of the molecule is Cc1cccc2c(Cl)nc(N)n12. The van der Waals surface area contributed by atoms with Crippen LogP contribution in [-0.2, 0) is 0 Å². The van der Waals surface area contributed by atoms with Crippen LogP contribution in [0.5, 0.6) is 0 Å². The molecule has 0 amide bonds. The van der Waals surface area contributed by atoms with Crippen LogP contribution in [0.4, 0.5) is 5.95 Å². The van der Waals surface area contributed by atoms with Crippen molar-refractivity contribution in [3.63, 3.8) is 0 Å². The summed E-state index contributed by atoms with van der Waals surface area (Å²) in [6.45, 7) is 1.96. The van der Waals surface area contributed by atoms with Gasteiger partial charge < -0.3 is 5.73 Å². The van der Waals surface area contributed by atoms with Crippen molar-refractivity contribution in [2.75, 3.05) is 5.73 Å². The van der Waals surface area contributed by atoms with E-state index >= 15 is 0 Å². The van der Waals surface area contributed by atoms with Crippen molar-refractivity contribution in [1.82, 2.24) is 9.38 Å². The predicted octanol–water partition coefficient (Wildman–Crippen LogP) is 1.88. The summed E-state index contributed by atoms with van der Waals surface area (Å²) in [5.74, 6) is 0.438. The van der Waals surface area contributed by atoms with Gasteiger partial charge in [-0.15, -0.1) is 0 Å². The van der Waals surface area contributed by atoms with Gasteiger partial charge in [0.05, 0.1) is 5.52 Å². The Labute approximate surface area is 74.8 Å². The summed E-state index contributed by atoms with van der Waals surface area (Å²) in [7, 11) is 0. The van der Waals surface area contributed by atoms with E-state index in [9.17, 15) is 0 Å². The van der Waals surface area contributed by atoms with Crippen LogP contribution in [0.15, 0.2) is 18.2 Å². The number of anilines is 1. The number of hydrogen-bond acceptors (Lipinski definition) is 2. The van der Waals surface area contributed by atoms with Gasteiger partial charge in [0.15, 0.2) is 5.15 Å². The van der Waals surface area contributed by atoms with Gasteiger partial charge in [0.1, 0.15) is 0 Å². The molecule has 4 heteroatoms. The first-order chi connectivity index (χ1) is 5.70. The molecular weight excluding hydrogens is 174 g/mol. The van der Waals surface area contributed by atoms with E-state index in [1.807, 2.05) is 29.5 Å². The second kappa shape index (κ2) is 2.38. The van der Waals surface area contributed by atoms with Crippen LogP contribution in [0.25, 0.3) is 5.52 Å². The molecule has 3 nitrogen and oxygen atoms in total. The molecular formula is C8H8ClN3. The van der Waals surface area contributed by atoms with Crippen molar-refractivity contribution in [3.8, 4) is 0 Å². The maximum Gasteiger partial charge on any atom is 0.206 e. The maximum atomic E-state index is 5.84. The fourth-order valence-corrected chi connectivity index (χ4v) is 1.52. The Morgan fingerprint density at radius 1 is 1.50 bits per heavy atom. The minimum atomic E-state index is 0.438. The number of fused-ring (bicyclic) bond motifs is 1. The van der Waals surface area contributed by atoms with Gasteiger partial charge >= 0.3 is 0 Å². The number of aromatic nitrogens is 2. The zero-order chi connectivity index (χ0) is 8.72. The largest absolute Gasteiger partial charge is 0.369 e. The van der Waals surface area contributed by atoms with Crippen LogP contribution in [0, 0.1) is 6.92 Å². The fraction of sp³-hybridized carbons (Fsp3) is 0.125. The predicted molar refractivity (Wildman–Crippen MR) is 49.4 cm³/mol. The van der Waals surface area contributed by atoms with Crippen LogP contribution in [0.2, 0.25) is 5.15 Å². The molecule has 0 fully saturated rings. The van der Waals surface area contributed by atoms with Crippen LogP contribution in [0.3, 0.4) is 0 Å². The summed E-state index contributed by atoms with van der Waals surface area (Å²) in [5, 5.41) is 0.455. The van der Waals surface area contributed by atoms with Gasteiger partial charge in [0.2, 0.25) is 5.95 Å². The second-order valence-electron chi connectivity index (χ2n) is 2.65. The molecule has 2 aromatic heterocycles. The minimum Gasteiger partial charge on any atom is -0.369 e. The number of nitrogens with zero attached hydrogens (tertiary/aromatic N) is 2. The third-order valence-corrected chi connectivity index (χ3v) is 2.12. The molecule has 0 aliphatic rings. The summed E-state index contributed by atoms with van der Waals surface area (Å²) < 4.78 is 1.82. The first kappa shape index (κ1) is 7.43. The molecule has 0 aliphatic carbocycles. The molecule has 2 heterocycles. The van der Waals surface area contributed by atoms with E-state index < -0.39 is 0 Å². The van der Waals surface area contributed by atoms with Crippen molar-refractivity contribution in [1.29, 1.82) is 0 Å². The number of pyridine rings is 1. The quantitative estimate of drug-likeness (QED) is 0.675. The number of halogens is 1. The fourth-order valence-electron chi connectivity index (χ4n) is 1.29. The summed E-state index contributed by atoms with van der Waals surface area (Å²) in [6.07, 6.45) is 0. The van der Waals surface area contributed by atoms with Gasteiger partial charge in [-0.3, -0.25) is 4.40 Å². The van der Waals surface area contributed by atoms with E-state index in [0.29, 0.717) is 11.1 Å². The highest BCUT2D eigenvalue weighted by molar-refractivity contribution is 6.32. The number of hydrogen-bond donors (Lipinski definition) is 1. The van der Waals surface area contributed by atoms with Gasteiger partial charge in [0.25, 0.3) is 0 Å². The molecule has 0 radical (unpaired) electrons. The molecule has 2 aromatic rings. The molecule has 0 saturated carbocycles. The van der Waals surface area contributed by atoms with Crippen LogP contribution in [0.1, 0.15) is 5.69 Å². The monoisotopic (exact) mass is 181 g/mol. The molecule has 2 N–H and O–H groups in total. The average Bonchev–Trinajstić information content (AvgIpc) is 2.29. The summed E-state index contributed by atoms with van der Waals surface area (Å²) >= 11 is 5.84. The lowest BCUT2D eigenvalue weighted by molar-refractivity contribution is 1.09. The Kier molecular flexibility index (Phi) is 1.48. The van der Waals surface area contributed by atoms with Crippen LogP contribution >= 0.6 is 11.6 Å². The number of rotatable bonds is 0. The molecule has 0 saturated heterocycles. The molecule has 0 unspecified atom stereocenters. The lowest BCUT2D eigenvalue weighted by Crippen LogP contribution is -1.96. The minimum absolute atomic E-state index is 0.438. The Hall–Kier alpha value is -1.22. The van der Waals surface area contributed by atoms with Gasteiger partial charge in [-0.2, -0.15) is 0 Å². The molecule has 0 atom stereocenters. The van der Waals surface area contributed by atoms with Crippen molar-refractivity contribution in [3.05, 3.63) is 29.0 Å². The Morgan fingerprint density at radius 3 is 2.92 bits per heavy atom. The topological polar surface area (TPSA) is 43.3 Å². The lowest BCUT2D eigenvalue weighted by Gasteiger charge is -1.99. The third kappa shape index (κ3) is 0.865. The summed E-state index contributed by atoms with van der Waals surface area (Å²) in [4.78, 5) is 3.96. The van der Waals surface area contributed by atoms with Gasteiger partial charge in [-0.1, -0.05) is 17.7 Å². The number of nitrogens with two attached hydrogens (primary N) is 1. The Bertz CT molecular complexity index is 433. The maximum absolute atomic E-state index is 5.84. The van der Waals surface area contributed by atoms with Gasteiger partial charge in [0, 0.05) is 5.69 Å². The first-order valence-electron chi connectivity index (χ1n) is 3.59. The average molecular weight is 182 g/mol. The highest BCUT2D eigenvalue weighted by atomic mass is 35.5. The van der Waals surface area contributed by atoms with E-state index in [-0.39, 0.29) is 0 Å². The van der Waals surface area contributed by atoms with E-state index in [2.05, 4.69) is 4.98 Å². The lowest BCUT2D eigenvalue weighted by atomic mass is 10.3. The molecule has 0 aliphatic heterocycles. The molecule has 12 heavy (non-hydrogen) atoms. The van der Waals surface area contributed by atoms with Crippen LogP contribution in [-0.4, -0.2) is 9.38 Å². The van der Waals surface area contributed by atoms with Crippen molar-refractivity contribution >= 4 is 23.1 Å². The molecule has 2 rings (SSSR count). The summed E-state index contributed by atoms with van der Waals surface area (Å²) in [5.41, 5.74) is 7.53. The normalized spacial score (nSPS) is 10.8. The Morgan fingerprint density at radius 2 is 2.25 bits per heavy atom. The highest BCUT2D eigenvalue weighted by Gasteiger charge is 2.06. The second-order valence-corrected chi connectivity index (χ2v) is 3.01. The van der Waals surface area contributed by atoms with E-state index in [1.54, 1.807) is 0 Å². The zero-order valence-corrected chi connectivity index (χ0v) is 7.34. The van der Waals surface area contributed by atoms with E-state index in [1.165, 1.54) is 0 Å². The van der Waals surface area contributed by atoms with Crippen LogP contribution < -0.4 is 5.73 Å². The number of aryl methyl sites for hydroxylation is 1. The molecule has 0 bridgehead atoms. The molecule has 0 aromatic carbocycles. The summed E-state index contributed by atoms with van der Waals surface area (Å²) in [6, 6.07) is 5.78. The Balaban J connectivity index is 2.99. The molecule has 0 spiro atoms. The first-order valence-corrected chi connectivity index (χ1v) is 3.97. The standard InChI is InChI=1S/C8H8ClN3/c1-5-3-2-4-6-7(9)11-8(10)12(5)6/h2-4H,1H3,(H2,10,11). The van der Waals surface area contributed by atoms with E-state index in [0.717, 1.165) is 11.2 Å². The zero-order valence-electron chi connectivity index (χ0n) is 6.58. The molecule has 62 valence electrons. The van der Waals surface area contributed by atoms with Gasteiger partial charge in [-0.25, -0.2) is 4.98 Å². The number of imidazole rings is 1. The third-order valence-electron chi connectivity index (χ3n) is 1.84. The highest BCUT2D eigenvalue weighted by Crippen LogP contribution is 2.20. The van der Waals surface area contributed by atoms with Crippen molar-refractivity contribution in [2.24, 2.45) is 0 Å². The number of nitrogen functional groups attached to an aromatic ring is 1. The van der Waals surface area contributed by atoms with E-state index in [4.69, 9.17) is 17.3 Å².